The molecule has 126 valence electrons. The molecular weight excluding hydrogens is 294 g/mol. The van der Waals surface area contributed by atoms with Crippen molar-refractivity contribution in [3.63, 3.8) is 0 Å². The minimum absolute atomic E-state index is 0.134. The quantitative estimate of drug-likeness (QED) is 0.855. The molecule has 1 aromatic carbocycles. The van der Waals surface area contributed by atoms with Crippen LogP contribution in [-0.4, -0.2) is 51.3 Å². The second-order valence-corrected chi connectivity index (χ2v) is 6.26. The van der Waals surface area contributed by atoms with Crippen molar-refractivity contribution in [1.29, 1.82) is 0 Å². The smallest absolute Gasteiger partial charge is 0.225 e. The molecule has 2 heterocycles. The molecule has 2 saturated heterocycles. The fourth-order valence-corrected chi connectivity index (χ4v) is 3.58. The van der Waals surface area contributed by atoms with Crippen molar-refractivity contribution in [2.45, 2.75) is 25.2 Å². The third-order valence-electron chi connectivity index (χ3n) is 4.95. The van der Waals surface area contributed by atoms with Crippen molar-refractivity contribution in [1.82, 2.24) is 4.90 Å². The summed E-state index contributed by atoms with van der Waals surface area (Å²) in [6.45, 7) is 3.00. The highest BCUT2D eigenvalue weighted by Gasteiger charge is 2.33. The summed E-state index contributed by atoms with van der Waals surface area (Å²) in [4.78, 5) is 14.7. The lowest BCUT2D eigenvalue weighted by atomic mass is 9.96. The van der Waals surface area contributed by atoms with Gasteiger partial charge in [-0.3, -0.25) is 4.79 Å². The Labute approximate surface area is 137 Å². The van der Waals surface area contributed by atoms with Crippen LogP contribution in [0.4, 0.5) is 0 Å². The van der Waals surface area contributed by atoms with Crippen LogP contribution in [0.5, 0.6) is 11.5 Å². The minimum atomic E-state index is 0.134. The number of amides is 1. The highest BCUT2D eigenvalue weighted by Crippen LogP contribution is 2.36. The molecule has 0 unspecified atom stereocenters. The van der Waals surface area contributed by atoms with Crippen LogP contribution in [0.1, 0.15) is 30.7 Å². The standard InChI is InChI=1S/C18H25NO4/c1-21-15-3-4-17(22-2)16(11-15)14-5-8-19(12-14)18(20)13-6-9-23-10-7-13/h3-4,11,13-14H,5-10,12H2,1-2H3/t14-/m0/s1. The number of methoxy groups -OCH3 is 2. The van der Waals surface area contributed by atoms with Gasteiger partial charge in [0.25, 0.3) is 0 Å². The zero-order chi connectivity index (χ0) is 16.2. The van der Waals surface area contributed by atoms with Gasteiger partial charge in [0.05, 0.1) is 14.2 Å². The third kappa shape index (κ3) is 3.44. The molecule has 2 aliphatic heterocycles. The van der Waals surface area contributed by atoms with Gasteiger partial charge in [0.1, 0.15) is 11.5 Å². The molecule has 23 heavy (non-hydrogen) atoms. The van der Waals surface area contributed by atoms with E-state index < -0.39 is 0 Å². The van der Waals surface area contributed by atoms with Crippen molar-refractivity contribution in [3.05, 3.63) is 23.8 Å². The number of ether oxygens (including phenoxy) is 3. The first-order valence-electron chi connectivity index (χ1n) is 8.31. The number of nitrogens with zero attached hydrogens (tertiary/aromatic N) is 1. The SMILES string of the molecule is COc1ccc(OC)c([C@H]2CCN(C(=O)C3CCOCC3)C2)c1. The summed E-state index contributed by atoms with van der Waals surface area (Å²) in [5, 5.41) is 0. The Morgan fingerprint density at radius 2 is 1.96 bits per heavy atom. The highest BCUT2D eigenvalue weighted by molar-refractivity contribution is 5.79. The number of carbonyl (C=O) groups is 1. The molecule has 1 atom stereocenters. The van der Waals surface area contributed by atoms with E-state index in [4.69, 9.17) is 14.2 Å². The molecule has 0 spiro atoms. The zero-order valence-corrected chi connectivity index (χ0v) is 13.9. The van der Waals surface area contributed by atoms with Gasteiger partial charge in [-0.25, -0.2) is 0 Å². The molecule has 0 bridgehead atoms. The van der Waals surface area contributed by atoms with Crippen LogP contribution >= 0.6 is 0 Å². The van der Waals surface area contributed by atoms with Gasteiger partial charge in [0, 0.05) is 43.7 Å². The molecule has 0 aliphatic carbocycles. The van der Waals surface area contributed by atoms with E-state index >= 15 is 0 Å². The van der Waals surface area contributed by atoms with E-state index in [0.29, 0.717) is 19.1 Å². The molecule has 2 aliphatic rings. The van der Waals surface area contributed by atoms with Gasteiger partial charge >= 0.3 is 0 Å². The predicted molar refractivity (Wildman–Crippen MR) is 87.0 cm³/mol. The average molecular weight is 319 g/mol. The normalized spacial score (nSPS) is 22.2. The summed E-state index contributed by atoms with van der Waals surface area (Å²) in [7, 11) is 3.35. The number of carbonyl (C=O) groups excluding carboxylic acids is 1. The molecule has 0 saturated carbocycles. The molecule has 0 radical (unpaired) electrons. The first-order valence-corrected chi connectivity index (χ1v) is 8.31. The Morgan fingerprint density at radius 3 is 2.65 bits per heavy atom. The maximum Gasteiger partial charge on any atom is 0.225 e. The molecule has 1 amide bonds. The van der Waals surface area contributed by atoms with Crippen molar-refractivity contribution in [3.8, 4) is 11.5 Å². The number of benzene rings is 1. The Kier molecular flexibility index (Phi) is 5.06. The predicted octanol–water partition coefficient (Wildman–Crippen LogP) is 2.45. The highest BCUT2D eigenvalue weighted by atomic mass is 16.5. The Hall–Kier alpha value is -1.75. The largest absolute Gasteiger partial charge is 0.497 e. The fraction of sp³-hybridized carbons (Fsp3) is 0.611. The van der Waals surface area contributed by atoms with Crippen LogP contribution in [0.25, 0.3) is 0 Å². The Morgan fingerprint density at radius 1 is 1.17 bits per heavy atom. The van der Waals surface area contributed by atoms with E-state index in [1.54, 1.807) is 14.2 Å². The van der Waals surface area contributed by atoms with Crippen LogP contribution in [0.15, 0.2) is 18.2 Å². The van der Waals surface area contributed by atoms with Crippen LogP contribution in [0.3, 0.4) is 0 Å². The summed E-state index contributed by atoms with van der Waals surface area (Å²) < 4.78 is 16.2. The van der Waals surface area contributed by atoms with Crippen LogP contribution in [-0.2, 0) is 9.53 Å². The van der Waals surface area contributed by atoms with E-state index in [0.717, 1.165) is 49.4 Å². The summed E-state index contributed by atoms with van der Waals surface area (Å²) in [5.74, 6) is 2.43. The Balaban J connectivity index is 1.70. The van der Waals surface area contributed by atoms with Crippen molar-refractivity contribution >= 4 is 5.91 Å². The van der Waals surface area contributed by atoms with E-state index in [9.17, 15) is 4.79 Å². The number of hydrogen-bond acceptors (Lipinski definition) is 4. The second kappa shape index (κ2) is 7.21. The lowest BCUT2D eigenvalue weighted by Gasteiger charge is -2.26. The number of rotatable bonds is 4. The lowest BCUT2D eigenvalue weighted by Crippen LogP contribution is -2.37. The van der Waals surface area contributed by atoms with Crippen molar-refractivity contribution < 1.29 is 19.0 Å². The zero-order valence-electron chi connectivity index (χ0n) is 13.9. The van der Waals surface area contributed by atoms with Gasteiger partial charge in [0.15, 0.2) is 0 Å². The van der Waals surface area contributed by atoms with Gasteiger partial charge < -0.3 is 19.1 Å². The van der Waals surface area contributed by atoms with Crippen molar-refractivity contribution in [2.24, 2.45) is 5.92 Å². The first kappa shape index (κ1) is 16.1. The minimum Gasteiger partial charge on any atom is -0.497 e. The Bertz CT molecular complexity index is 554. The summed E-state index contributed by atoms with van der Waals surface area (Å²) in [6, 6.07) is 5.88. The van der Waals surface area contributed by atoms with Gasteiger partial charge in [-0.1, -0.05) is 0 Å². The summed E-state index contributed by atoms with van der Waals surface area (Å²) >= 11 is 0. The molecule has 1 aromatic rings. The van der Waals surface area contributed by atoms with Crippen LogP contribution in [0, 0.1) is 5.92 Å². The van der Waals surface area contributed by atoms with E-state index in [1.165, 1.54) is 0 Å². The molecule has 5 heteroatoms. The molecule has 3 rings (SSSR count). The lowest BCUT2D eigenvalue weighted by molar-refractivity contribution is -0.137. The molecule has 5 nitrogen and oxygen atoms in total. The van der Waals surface area contributed by atoms with Gasteiger partial charge in [-0.05, 0) is 37.5 Å². The molecule has 0 aromatic heterocycles. The van der Waals surface area contributed by atoms with Crippen LogP contribution < -0.4 is 9.47 Å². The monoisotopic (exact) mass is 319 g/mol. The van der Waals surface area contributed by atoms with Gasteiger partial charge in [0.2, 0.25) is 5.91 Å². The van der Waals surface area contributed by atoms with E-state index in [2.05, 4.69) is 0 Å². The molecule has 2 fully saturated rings. The van der Waals surface area contributed by atoms with Crippen LogP contribution in [0.2, 0.25) is 0 Å². The van der Waals surface area contributed by atoms with Gasteiger partial charge in [-0.2, -0.15) is 0 Å². The number of likely N-dealkylation sites (tertiary alicyclic amines) is 1. The molecule has 0 N–H and O–H groups in total. The maximum atomic E-state index is 12.7. The van der Waals surface area contributed by atoms with E-state index in [-0.39, 0.29) is 11.8 Å². The third-order valence-corrected chi connectivity index (χ3v) is 4.95. The first-order chi connectivity index (χ1) is 11.2. The second-order valence-electron chi connectivity index (χ2n) is 6.26. The molecular formula is C18H25NO4. The van der Waals surface area contributed by atoms with Crippen molar-refractivity contribution in [2.75, 3.05) is 40.5 Å². The van der Waals surface area contributed by atoms with E-state index in [1.807, 2.05) is 23.1 Å². The maximum absolute atomic E-state index is 12.7. The summed E-state index contributed by atoms with van der Waals surface area (Å²) in [6.07, 6.45) is 2.67. The average Bonchev–Trinajstić information content (AvgIpc) is 3.11. The topological polar surface area (TPSA) is 48.0 Å². The number of hydrogen-bond donors (Lipinski definition) is 0. The van der Waals surface area contributed by atoms with Gasteiger partial charge in [-0.15, -0.1) is 0 Å². The summed E-state index contributed by atoms with van der Waals surface area (Å²) in [5.41, 5.74) is 1.13. The fourth-order valence-electron chi connectivity index (χ4n) is 3.58.